The Labute approximate surface area is 147 Å². The largest absolute Gasteiger partial charge is 0.381 e. The molecule has 2 heterocycles. The molecule has 1 aromatic carbocycles. The summed E-state index contributed by atoms with van der Waals surface area (Å²) in [7, 11) is 0. The number of hydrogen-bond acceptors (Lipinski definition) is 5. The maximum atomic E-state index is 12.5. The number of benzene rings is 1. The minimum atomic E-state index is -0.527. The zero-order chi connectivity index (χ0) is 16.1. The molecule has 6 nitrogen and oxygen atoms in total. The first-order chi connectivity index (χ1) is 11.2. The number of hydrogen-bond donors (Lipinski definition) is 2. The third-order valence-electron chi connectivity index (χ3n) is 4.37. The standard InChI is InChI=1S/C17H21N3O3.ClH/c18-12-17(6-8-22-9-7-17)16(21)19-11-14-10-15(20-23-14)13-4-2-1-3-5-13;/h1-5,10H,6-9,11-12,18H2,(H,19,21);1H. The molecule has 3 N–H and O–H groups in total. The molecule has 0 bridgehead atoms. The maximum Gasteiger partial charge on any atom is 0.228 e. The van der Waals surface area contributed by atoms with Crippen molar-refractivity contribution >= 4 is 18.3 Å². The SMILES string of the molecule is Cl.NCC1(C(=O)NCc2cc(-c3ccccc3)no2)CCOCC1. The summed E-state index contributed by atoms with van der Waals surface area (Å²) in [6.45, 7) is 1.78. The van der Waals surface area contributed by atoms with Crippen LogP contribution in [0, 0.1) is 5.41 Å². The van der Waals surface area contributed by atoms with Gasteiger partial charge in [0.25, 0.3) is 0 Å². The maximum absolute atomic E-state index is 12.5. The molecule has 1 aromatic heterocycles. The van der Waals surface area contributed by atoms with Gasteiger partial charge in [-0.1, -0.05) is 35.5 Å². The molecular formula is C17H22ClN3O3. The van der Waals surface area contributed by atoms with E-state index in [9.17, 15) is 4.79 Å². The van der Waals surface area contributed by atoms with E-state index in [0.29, 0.717) is 44.9 Å². The van der Waals surface area contributed by atoms with Crippen molar-refractivity contribution in [1.82, 2.24) is 10.5 Å². The quantitative estimate of drug-likeness (QED) is 0.861. The second-order valence-corrected chi connectivity index (χ2v) is 5.82. The molecule has 0 unspecified atom stereocenters. The van der Waals surface area contributed by atoms with Crippen molar-refractivity contribution in [2.75, 3.05) is 19.8 Å². The van der Waals surface area contributed by atoms with E-state index in [-0.39, 0.29) is 18.3 Å². The summed E-state index contributed by atoms with van der Waals surface area (Å²) in [6.07, 6.45) is 1.31. The Balaban J connectivity index is 0.00000208. The summed E-state index contributed by atoms with van der Waals surface area (Å²) >= 11 is 0. The Morgan fingerprint density at radius 1 is 1.25 bits per heavy atom. The summed E-state index contributed by atoms with van der Waals surface area (Å²) < 4.78 is 10.6. The van der Waals surface area contributed by atoms with Gasteiger partial charge in [0.1, 0.15) is 5.69 Å². The number of carbonyl (C=O) groups is 1. The van der Waals surface area contributed by atoms with E-state index >= 15 is 0 Å². The van der Waals surface area contributed by atoms with Crippen molar-refractivity contribution in [3.05, 3.63) is 42.2 Å². The van der Waals surface area contributed by atoms with Gasteiger partial charge >= 0.3 is 0 Å². The smallest absolute Gasteiger partial charge is 0.228 e. The van der Waals surface area contributed by atoms with Gasteiger partial charge in [-0.15, -0.1) is 12.4 Å². The lowest BCUT2D eigenvalue weighted by molar-refractivity contribution is -0.136. The number of ether oxygens (including phenoxy) is 1. The predicted octanol–water partition coefficient (Wildman–Crippen LogP) is 2.14. The van der Waals surface area contributed by atoms with Gasteiger partial charge < -0.3 is 20.3 Å². The van der Waals surface area contributed by atoms with Crippen LogP contribution in [0.2, 0.25) is 0 Å². The molecular weight excluding hydrogens is 330 g/mol. The number of halogens is 1. The second kappa shape index (κ2) is 8.28. The van der Waals surface area contributed by atoms with Crippen molar-refractivity contribution in [2.24, 2.45) is 11.1 Å². The second-order valence-electron chi connectivity index (χ2n) is 5.82. The average molecular weight is 352 g/mol. The summed E-state index contributed by atoms with van der Waals surface area (Å²) in [5.74, 6) is 0.581. The minimum Gasteiger partial charge on any atom is -0.381 e. The molecule has 1 aliphatic rings. The predicted molar refractivity (Wildman–Crippen MR) is 92.6 cm³/mol. The fourth-order valence-corrected chi connectivity index (χ4v) is 2.78. The number of nitrogens with zero attached hydrogens (tertiary/aromatic N) is 1. The first kappa shape index (κ1) is 18.4. The van der Waals surface area contributed by atoms with E-state index in [1.165, 1.54) is 0 Å². The molecule has 1 amide bonds. The van der Waals surface area contributed by atoms with Crippen molar-refractivity contribution in [3.63, 3.8) is 0 Å². The Hall–Kier alpha value is -1.89. The summed E-state index contributed by atoms with van der Waals surface area (Å²) in [6, 6.07) is 11.6. The third kappa shape index (κ3) is 3.95. The van der Waals surface area contributed by atoms with Gasteiger partial charge in [-0.05, 0) is 12.8 Å². The molecule has 2 aromatic rings. The lowest BCUT2D eigenvalue weighted by Crippen LogP contribution is -2.48. The van der Waals surface area contributed by atoms with Crippen LogP contribution in [-0.2, 0) is 16.1 Å². The molecule has 0 saturated carbocycles. The average Bonchev–Trinajstić information content (AvgIpc) is 3.10. The number of amides is 1. The molecule has 0 aliphatic carbocycles. The number of aromatic nitrogens is 1. The van der Waals surface area contributed by atoms with Crippen molar-refractivity contribution in [2.45, 2.75) is 19.4 Å². The van der Waals surface area contributed by atoms with Crippen molar-refractivity contribution < 1.29 is 14.1 Å². The fraction of sp³-hybridized carbons (Fsp3) is 0.412. The molecule has 3 rings (SSSR count). The normalized spacial score (nSPS) is 16.2. The van der Waals surface area contributed by atoms with E-state index in [1.807, 2.05) is 36.4 Å². The highest BCUT2D eigenvalue weighted by Crippen LogP contribution is 2.29. The van der Waals surface area contributed by atoms with E-state index < -0.39 is 5.41 Å². The summed E-state index contributed by atoms with van der Waals surface area (Å²) in [4.78, 5) is 12.5. The van der Waals surface area contributed by atoms with E-state index in [0.717, 1.165) is 11.3 Å². The first-order valence-corrected chi connectivity index (χ1v) is 7.81. The lowest BCUT2D eigenvalue weighted by atomic mass is 9.79. The third-order valence-corrected chi connectivity index (χ3v) is 4.37. The van der Waals surface area contributed by atoms with Crippen LogP contribution in [-0.4, -0.2) is 30.8 Å². The monoisotopic (exact) mass is 351 g/mol. The van der Waals surface area contributed by atoms with Crippen LogP contribution in [0.25, 0.3) is 11.3 Å². The Morgan fingerprint density at radius 3 is 2.62 bits per heavy atom. The Bertz CT molecular complexity index is 654. The van der Waals surface area contributed by atoms with E-state index in [4.69, 9.17) is 15.0 Å². The van der Waals surface area contributed by atoms with Crippen LogP contribution in [0.5, 0.6) is 0 Å². The van der Waals surface area contributed by atoms with Crippen LogP contribution in [0.15, 0.2) is 40.9 Å². The van der Waals surface area contributed by atoms with Gasteiger partial charge in [0.15, 0.2) is 5.76 Å². The molecule has 1 saturated heterocycles. The fourth-order valence-electron chi connectivity index (χ4n) is 2.78. The van der Waals surface area contributed by atoms with Crippen LogP contribution in [0.4, 0.5) is 0 Å². The Morgan fingerprint density at radius 2 is 1.96 bits per heavy atom. The lowest BCUT2D eigenvalue weighted by Gasteiger charge is -2.34. The van der Waals surface area contributed by atoms with Crippen LogP contribution in [0.3, 0.4) is 0 Å². The molecule has 24 heavy (non-hydrogen) atoms. The van der Waals surface area contributed by atoms with Gasteiger partial charge in [0, 0.05) is 31.4 Å². The van der Waals surface area contributed by atoms with Gasteiger partial charge in [0.05, 0.1) is 12.0 Å². The number of carbonyl (C=O) groups excluding carboxylic acids is 1. The van der Waals surface area contributed by atoms with Crippen molar-refractivity contribution in [1.29, 1.82) is 0 Å². The zero-order valence-electron chi connectivity index (χ0n) is 13.4. The van der Waals surface area contributed by atoms with E-state index in [1.54, 1.807) is 0 Å². The molecule has 7 heteroatoms. The number of rotatable bonds is 5. The molecule has 130 valence electrons. The van der Waals surface area contributed by atoms with Gasteiger partial charge in [0.2, 0.25) is 5.91 Å². The molecule has 1 aliphatic heterocycles. The molecule has 0 atom stereocenters. The highest BCUT2D eigenvalue weighted by molar-refractivity contribution is 5.85. The molecule has 1 fully saturated rings. The number of nitrogens with two attached hydrogens (primary N) is 1. The van der Waals surface area contributed by atoms with Gasteiger partial charge in [-0.3, -0.25) is 4.79 Å². The highest BCUT2D eigenvalue weighted by Gasteiger charge is 2.38. The first-order valence-electron chi connectivity index (χ1n) is 7.81. The topological polar surface area (TPSA) is 90.4 Å². The van der Waals surface area contributed by atoms with Crippen LogP contribution >= 0.6 is 12.4 Å². The zero-order valence-corrected chi connectivity index (χ0v) is 14.2. The van der Waals surface area contributed by atoms with E-state index in [2.05, 4.69) is 10.5 Å². The number of nitrogens with one attached hydrogen (secondary N) is 1. The van der Waals surface area contributed by atoms with Crippen LogP contribution < -0.4 is 11.1 Å². The van der Waals surface area contributed by atoms with Crippen molar-refractivity contribution in [3.8, 4) is 11.3 Å². The van der Waals surface area contributed by atoms with Gasteiger partial charge in [-0.25, -0.2) is 0 Å². The summed E-state index contributed by atoms with van der Waals surface area (Å²) in [5, 5.41) is 6.96. The van der Waals surface area contributed by atoms with Gasteiger partial charge in [-0.2, -0.15) is 0 Å². The van der Waals surface area contributed by atoms with Crippen LogP contribution in [0.1, 0.15) is 18.6 Å². The highest BCUT2D eigenvalue weighted by atomic mass is 35.5. The minimum absolute atomic E-state index is 0. The molecule has 0 spiro atoms. The summed E-state index contributed by atoms with van der Waals surface area (Å²) in [5.41, 5.74) is 7.05. The molecule has 0 radical (unpaired) electrons. The Kier molecular flexibility index (Phi) is 6.36.